The van der Waals surface area contributed by atoms with Gasteiger partial charge in [-0.15, -0.1) is 0 Å². The maximum atomic E-state index is 13.8. The molecule has 4 heteroatoms. The van der Waals surface area contributed by atoms with Crippen molar-refractivity contribution in [3.05, 3.63) is 34.3 Å². The van der Waals surface area contributed by atoms with Gasteiger partial charge < -0.3 is 5.11 Å². The molecule has 0 fully saturated rings. The van der Waals surface area contributed by atoms with Gasteiger partial charge in [0.1, 0.15) is 11.6 Å². The van der Waals surface area contributed by atoms with Crippen LogP contribution in [0.5, 0.6) is 0 Å². The lowest BCUT2D eigenvalue weighted by molar-refractivity contribution is -0.142. The molecular formula is C11H12BrFO2. The summed E-state index contributed by atoms with van der Waals surface area (Å²) in [6.45, 7) is 2.54. The molecule has 1 atom stereocenters. The molecule has 0 spiro atoms. The number of alkyl halides is 1. The average molecular weight is 275 g/mol. The van der Waals surface area contributed by atoms with Crippen molar-refractivity contribution in [3.63, 3.8) is 0 Å². The minimum atomic E-state index is -1.80. The second-order valence-electron chi connectivity index (χ2n) is 3.86. The zero-order valence-corrected chi connectivity index (χ0v) is 10.1. The van der Waals surface area contributed by atoms with Crippen LogP contribution in [0.1, 0.15) is 25.3 Å². The molecule has 2 nitrogen and oxygen atoms in total. The summed E-state index contributed by atoms with van der Waals surface area (Å²) in [6.07, 6.45) is 0. The third-order valence-corrected chi connectivity index (χ3v) is 2.87. The minimum Gasteiger partial charge on any atom is -0.481 e. The fraction of sp³-hybridized carbons (Fsp3) is 0.364. The Morgan fingerprint density at radius 2 is 2.00 bits per heavy atom. The molecule has 0 bridgehead atoms. The van der Waals surface area contributed by atoms with Crippen LogP contribution >= 0.6 is 15.9 Å². The van der Waals surface area contributed by atoms with Crippen molar-refractivity contribution in [1.82, 2.24) is 0 Å². The van der Waals surface area contributed by atoms with E-state index in [4.69, 9.17) is 5.11 Å². The number of carbonyl (C=O) groups is 1. The lowest BCUT2D eigenvalue weighted by atomic mass is 9.86. The highest BCUT2D eigenvalue weighted by atomic mass is 79.9. The standard InChI is InChI=1S/C11H12BrFO2/c1-11(2,13)9(10(14)15)7-5-3-4-6-8(7)12/h3-6,9H,1-2H3,(H,14,15). The van der Waals surface area contributed by atoms with E-state index < -0.39 is 17.6 Å². The van der Waals surface area contributed by atoms with Gasteiger partial charge in [-0.3, -0.25) is 4.79 Å². The molecule has 82 valence electrons. The molecule has 0 saturated heterocycles. The molecule has 1 aromatic rings. The van der Waals surface area contributed by atoms with Crippen molar-refractivity contribution in [3.8, 4) is 0 Å². The number of carboxylic acid groups (broad SMARTS) is 1. The van der Waals surface area contributed by atoms with E-state index in [1.807, 2.05) is 0 Å². The van der Waals surface area contributed by atoms with Gasteiger partial charge in [0.05, 0.1) is 0 Å². The van der Waals surface area contributed by atoms with Crippen LogP contribution in [0.3, 0.4) is 0 Å². The summed E-state index contributed by atoms with van der Waals surface area (Å²) >= 11 is 3.23. The zero-order chi connectivity index (χ0) is 11.6. The van der Waals surface area contributed by atoms with Crippen LogP contribution in [0, 0.1) is 0 Å². The summed E-state index contributed by atoms with van der Waals surface area (Å²) in [4.78, 5) is 11.0. The van der Waals surface area contributed by atoms with Crippen molar-refractivity contribution in [2.75, 3.05) is 0 Å². The number of halogens is 2. The van der Waals surface area contributed by atoms with Gasteiger partial charge in [-0.2, -0.15) is 0 Å². The van der Waals surface area contributed by atoms with Gasteiger partial charge in [0, 0.05) is 4.47 Å². The van der Waals surface area contributed by atoms with Gasteiger partial charge in [0.2, 0.25) is 0 Å². The van der Waals surface area contributed by atoms with Crippen LogP contribution in [0.4, 0.5) is 4.39 Å². The van der Waals surface area contributed by atoms with Crippen LogP contribution in [-0.2, 0) is 4.79 Å². The number of benzene rings is 1. The van der Waals surface area contributed by atoms with Crippen LogP contribution in [-0.4, -0.2) is 16.7 Å². The van der Waals surface area contributed by atoms with Gasteiger partial charge in [0.15, 0.2) is 0 Å². The van der Waals surface area contributed by atoms with Crippen molar-refractivity contribution < 1.29 is 14.3 Å². The van der Waals surface area contributed by atoms with E-state index in [0.717, 1.165) is 0 Å². The topological polar surface area (TPSA) is 37.3 Å². The third kappa shape index (κ3) is 2.78. The summed E-state index contributed by atoms with van der Waals surface area (Å²) in [7, 11) is 0. The van der Waals surface area contributed by atoms with Crippen molar-refractivity contribution >= 4 is 21.9 Å². The van der Waals surface area contributed by atoms with E-state index in [9.17, 15) is 9.18 Å². The first-order chi connectivity index (χ1) is 6.84. The van der Waals surface area contributed by atoms with E-state index in [1.54, 1.807) is 24.3 Å². The SMILES string of the molecule is CC(C)(F)C(C(=O)O)c1ccccc1Br. The molecule has 0 aliphatic rings. The second-order valence-corrected chi connectivity index (χ2v) is 4.71. The highest BCUT2D eigenvalue weighted by molar-refractivity contribution is 9.10. The number of rotatable bonds is 3. The number of aliphatic carboxylic acids is 1. The molecule has 0 heterocycles. The number of hydrogen-bond acceptors (Lipinski definition) is 1. The summed E-state index contributed by atoms with van der Waals surface area (Å²) in [5, 5.41) is 9.03. The average Bonchev–Trinajstić information content (AvgIpc) is 2.05. The Kier molecular flexibility index (Phi) is 3.50. The van der Waals surface area contributed by atoms with Crippen molar-refractivity contribution in [1.29, 1.82) is 0 Å². The van der Waals surface area contributed by atoms with Gasteiger partial charge in [-0.25, -0.2) is 4.39 Å². The number of carboxylic acids is 1. The monoisotopic (exact) mass is 274 g/mol. The highest BCUT2D eigenvalue weighted by Gasteiger charge is 2.37. The first-order valence-electron chi connectivity index (χ1n) is 4.50. The Labute approximate surface area is 96.2 Å². The molecule has 0 saturated carbocycles. The molecule has 15 heavy (non-hydrogen) atoms. The lowest BCUT2D eigenvalue weighted by Crippen LogP contribution is -2.30. The smallest absolute Gasteiger partial charge is 0.314 e. The van der Waals surface area contributed by atoms with Gasteiger partial charge in [-0.05, 0) is 25.5 Å². The van der Waals surface area contributed by atoms with Crippen LogP contribution < -0.4 is 0 Å². The molecule has 0 aromatic heterocycles. The predicted octanol–water partition coefficient (Wildman–Crippen LogP) is 3.37. The molecule has 1 rings (SSSR count). The fourth-order valence-electron chi connectivity index (χ4n) is 1.51. The number of hydrogen-bond donors (Lipinski definition) is 1. The summed E-state index contributed by atoms with van der Waals surface area (Å²) in [6, 6.07) is 6.78. The molecule has 0 amide bonds. The molecule has 0 radical (unpaired) electrons. The maximum absolute atomic E-state index is 13.8. The second kappa shape index (κ2) is 4.31. The van der Waals surface area contributed by atoms with Crippen LogP contribution in [0.15, 0.2) is 28.7 Å². The Hall–Kier alpha value is -0.900. The van der Waals surface area contributed by atoms with Gasteiger partial charge in [0.25, 0.3) is 0 Å². The Balaban J connectivity index is 3.23. The maximum Gasteiger partial charge on any atom is 0.314 e. The summed E-state index contributed by atoms with van der Waals surface area (Å²) in [5.74, 6) is -2.32. The Bertz CT molecular complexity index is 371. The quantitative estimate of drug-likeness (QED) is 0.918. The van der Waals surface area contributed by atoms with Gasteiger partial charge >= 0.3 is 5.97 Å². The predicted molar refractivity (Wildman–Crippen MR) is 59.7 cm³/mol. The van der Waals surface area contributed by atoms with Crippen molar-refractivity contribution in [2.24, 2.45) is 0 Å². The lowest BCUT2D eigenvalue weighted by Gasteiger charge is -2.24. The van der Waals surface area contributed by atoms with E-state index in [2.05, 4.69) is 15.9 Å². The molecule has 1 aromatic carbocycles. The minimum absolute atomic E-state index is 0.456. The highest BCUT2D eigenvalue weighted by Crippen LogP contribution is 2.35. The van der Waals surface area contributed by atoms with E-state index in [1.165, 1.54) is 13.8 Å². The normalized spacial score (nSPS) is 13.6. The summed E-state index contributed by atoms with van der Waals surface area (Å²) in [5.41, 5.74) is -1.34. The molecule has 0 aliphatic heterocycles. The van der Waals surface area contributed by atoms with E-state index in [-0.39, 0.29) is 0 Å². The largest absolute Gasteiger partial charge is 0.481 e. The third-order valence-electron chi connectivity index (χ3n) is 2.15. The first kappa shape index (κ1) is 12.2. The Morgan fingerprint density at radius 3 is 2.40 bits per heavy atom. The van der Waals surface area contributed by atoms with Crippen LogP contribution in [0.25, 0.3) is 0 Å². The molecule has 1 N–H and O–H groups in total. The van der Waals surface area contributed by atoms with E-state index >= 15 is 0 Å². The van der Waals surface area contributed by atoms with Crippen molar-refractivity contribution in [2.45, 2.75) is 25.4 Å². The molecule has 0 aliphatic carbocycles. The van der Waals surface area contributed by atoms with Crippen LogP contribution in [0.2, 0.25) is 0 Å². The van der Waals surface area contributed by atoms with E-state index in [0.29, 0.717) is 10.0 Å². The molecular weight excluding hydrogens is 263 g/mol. The molecule has 1 unspecified atom stereocenters. The summed E-state index contributed by atoms with van der Waals surface area (Å²) < 4.78 is 14.4. The first-order valence-corrected chi connectivity index (χ1v) is 5.29. The van der Waals surface area contributed by atoms with Gasteiger partial charge in [-0.1, -0.05) is 34.1 Å². The zero-order valence-electron chi connectivity index (χ0n) is 8.50. The fourth-order valence-corrected chi connectivity index (χ4v) is 2.02. The Morgan fingerprint density at radius 1 is 1.47 bits per heavy atom.